The molecular weight excluding hydrogens is 370 g/mol. The Morgan fingerprint density at radius 1 is 1.24 bits per heavy atom. The van der Waals surface area contributed by atoms with E-state index in [9.17, 15) is 14.4 Å². The number of carbonyl (C=O) groups is 3. The van der Waals surface area contributed by atoms with Crippen molar-refractivity contribution in [1.29, 1.82) is 0 Å². The van der Waals surface area contributed by atoms with Crippen LogP contribution in [0.25, 0.3) is 0 Å². The van der Waals surface area contributed by atoms with Crippen LogP contribution in [0.2, 0.25) is 0 Å². The van der Waals surface area contributed by atoms with Gasteiger partial charge in [0, 0.05) is 13.1 Å². The third kappa shape index (κ3) is 5.16. The predicted octanol–water partition coefficient (Wildman–Crippen LogP) is 3.06. The molecule has 0 spiro atoms. The molecule has 0 radical (unpaired) electrons. The molecule has 29 heavy (non-hydrogen) atoms. The molecule has 1 unspecified atom stereocenters. The van der Waals surface area contributed by atoms with Crippen LogP contribution in [0.3, 0.4) is 0 Å². The zero-order chi connectivity index (χ0) is 21.6. The smallest absolute Gasteiger partial charge is 0.325 e. The normalized spacial score (nSPS) is 18.6. The van der Waals surface area contributed by atoms with Gasteiger partial charge in [-0.25, -0.2) is 4.79 Å². The first-order valence-electron chi connectivity index (χ1n) is 10.0. The van der Waals surface area contributed by atoms with Crippen molar-refractivity contribution in [2.75, 3.05) is 26.2 Å². The lowest BCUT2D eigenvalue weighted by atomic mass is 9.92. The second kappa shape index (κ2) is 9.58. The quantitative estimate of drug-likeness (QED) is 0.483. The molecule has 0 bridgehead atoms. The molecule has 1 aromatic carbocycles. The number of imide groups is 1. The average Bonchev–Trinajstić information content (AvgIpc) is 2.91. The standard InChI is InChI=1S/C22H31N3O4/c1-6-8-13-24(7-2)19(26)14-25-20(27)22(5,23-21(25)28)17-9-11-18(12-10-17)29-15-16(3)4/h9-12H,3,6-8,13-15H2,1-2,4-5H3,(H,23,28). The largest absolute Gasteiger partial charge is 0.489 e. The topological polar surface area (TPSA) is 79.0 Å². The number of hydrogen-bond acceptors (Lipinski definition) is 4. The number of ether oxygens (including phenoxy) is 1. The molecule has 0 aromatic heterocycles. The van der Waals surface area contributed by atoms with Gasteiger partial charge in [-0.3, -0.25) is 14.5 Å². The number of amides is 4. The summed E-state index contributed by atoms with van der Waals surface area (Å²) < 4.78 is 5.58. The summed E-state index contributed by atoms with van der Waals surface area (Å²) in [6.45, 7) is 12.6. The number of likely N-dealkylation sites (N-methyl/N-ethyl adjacent to an activating group) is 1. The zero-order valence-corrected chi connectivity index (χ0v) is 17.8. The summed E-state index contributed by atoms with van der Waals surface area (Å²) >= 11 is 0. The van der Waals surface area contributed by atoms with E-state index in [0.717, 1.165) is 23.3 Å². The van der Waals surface area contributed by atoms with Crippen LogP contribution >= 0.6 is 0 Å². The molecule has 0 aliphatic carbocycles. The summed E-state index contributed by atoms with van der Waals surface area (Å²) in [7, 11) is 0. The molecule has 1 aliphatic heterocycles. The molecule has 1 N–H and O–H groups in total. The number of nitrogens with zero attached hydrogens (tertiary/aromatic N) is 2. The molecule has 7 nitrogen and oxygen atoms in total. The molecule has 1 aromatic rings. The second-order valence-corrected chi connectivity index (χ2v) is 7.54. The van der Waals surface area contributed by atoms with E-state index >= 15 is 0 Å². The number of hydrogen-bond donors (Lipinski definition) is 1. The second-order valence-electron chi connectivity index (χ2n) is 7.54. The van der Waals surface area contributed by atoms with Gasteiger partial charge in [-0.15, -0.1) is 0 Å². The fraction of sp³-hybridized carbons (Fsp3) is 0.500. The van der Waals surface area contributed by atoms with Crippen molar-refractivity contribution < 1.29 is 19.1 Å². The van der Waals surface area contributed by atoms with E-state index in [0.29, 0.717) is 31.0 Å². The first kappa shape index (κ1) is 22.5. The fourth-order valence-electron chi connectivity index (χ4n) is 3.17. The van der Waals surface area contributed by atoms with Gasteiger partial charge in [0.15, 0.2) is 0 Å². The first-order valence-corrected chi connectivity index (χ1v) is 10.0. The van der Waals surface area contributed by atoms with Gasteiger partial charge < -0.3 is 15.0 Å². The number of nitrogens with one attached hydrogen (secondary N) is 1. The predicted molar refractivity (Wildman–Crippen MR) is 112 cm³/mol. The highest BCUT2D eigenvalue weighted by molar-refractivity contribution is 6.09. The average molecular weight is 402 g/mol. The highest BCUT2D eigenvalue weighted by Crippen LogP contribution is 2.30. The highest BCUT2D eigenvalue weighted by Gasteiger charge is 2.49. The Labute approximate surface area is 172 Å². The first-order chi connectivity index (χ1) is 13.7. The van der Waals surface area contributed by atoms with Crippen LogP contribution in [0.4, 0.5) is 4.79 Å². The zero-order valence-electron chi connectivity index (χ0n) is 17.8. The third-order valence-corrected chi connectivity index (χ3v) is 5.00. The van der Waals surface area contributed by atoms with Crippen LogP contribution < -0.4 is 10.1 Å². The fourth-order valence-corrected chi connectivity index (χ4v) is 3.17. The number of rotatable bonds is 10. The molecule has 1 aliphatic rings. The number of carbonyl (C=O) groups excluding carboxylic acids is 3. The van der Waals surface area contributed by atoms with Crippen molar-refractivity contribution in [3.63, 3.8) is 0 Å². The maximum atomic E-state index is 13.0. The lowest BCUT2D eigenvalue weighted by Crippen LogP contribution is -2.44. The summed E-state index contributed by atoms with van der Waals surface area (Å²) in [6, 6.07) is 6.44. The summed E-state index contributed by atoms with van der Waals surface area (Å²) in [5.74, 6) is -0.00564. The SMILES string of the molecule is C=C(C)COc1ccc(C2(C)NC(=O)N(CC(=O)N(CC)CCCC)C2=O)cc1. The van der Waals surface area contributed by atoms with E-state index in [1.54, 1.807) is 36.1 Å². The van der Waals surface area contributed by atoms with Crippen LogP contribution in [0.5, 0.6) is 5.75 Å². The molecule has 1 heterocycles. The molecule has 1 atom stereocenters. The van der Waals surface area contributed by atoms with Gasteiger partial charge in [-0.05, 0) is 50.5 Å². The Bertz CT molecular complexity index is 775. The minimum absolute atomic E-state index is 0.225. The molecule has 0 saturated carbocycles. The Morgan fingerprint density at radius 3 is 2.45 bits per heavy atom. The third-order valence-electron chi connectivity index (χ3n) is 5.00. The van der Waals surface area contributed by atoms with Gasteiger partial charge in [0.2, 0.25) is 5.91 Å². The van der Waals surface area contributed by atoms with Crippen molar-refractivity contribution in [2.45, 2.75) is 46.1 Å². The molecule has 7 heteroatoms. The Morgan fingerprint density at radius 2 is 1.90 bits per heavy atom. The van der Waals surface area contributed by atoms with Crippen molar-refractivity contribution in [2.24, 2.45) is 0 Å². The van der Waals surface area contributed by atoms with E-state index < -0.39 is 17.5 Å². The van der Waals surface area contributed by atoms with Crippen molar-refractivity contribution in [1.82, 2.24) is 15.1 Å². The summed E-state index contributed by atoms with van der Waals surface area (Å²) in [6.07, 6.45) is 1.86. The highest BCUT2D eigenvalue weighted by atomic mass is 16.5. The Kier molecular flexibility index (Phi) is 7.42. The van der Waals surface area contributed by atoms with Crippen LogP contribution in [0, 0.1) is 0 Å². The summed E-state index contributed by atoms with van der Waals surface area (Å²) in [5.41, 5.74) is 0.316. The minimum atomic E-state index is -1.22. The van der Waals surface area contributed by atoms with Gasteiger partial charge in [0.1, 0.15) is 24.4 Å². The van der Waals surface area contributed by atoms with Crippen molar-refractivity contribution in [3.05, 3.63) is 42.0 Å². The Hall–Kier alpha value is -2.83. The lowest BCUT2D eigenvalue weighted by molar-refractivity contribution is -0.138. The molecule has 1 saturated heterocycles. The van der Waals surface area contributed by atoms with Crippen LogP contribution in [-0.4, -0.2) is 53.9 Å². The van der Waals surface area contributed by atoms with Gasteiger partial charge in [-0.2, -0.15) is 0 Å². The van der Waals surface area contributed by atoms with Crippen LogP contribution in [0.15, 0.2) is 36.4 Å². The molecular formula is C22H31N3O4. The lowest BCUT2D eigenvalue weighted by Gasteiger charge is -2.24. The maximum absolute atomic E-state index is 13.0. The molecule has 158 valence electrons. The summed E-state index contributed by atoms with van der Waals surface area (Å²) in [4.78, 5) is 40.7. The Balaban J connectivity index is 2.11. The van der Waals surface area contributed by atoms with Crippen molar-refractivity contribution >= 4 is 17.8 Å². The van der Waals surface area contributed by atoms with E-state index in [2.05, 4.69) is 18.8 Å². The van der Waals surface area contributed by atoms with E-state index in [1.165, 1.54) is 0 Å². The molecule has 2 rings (SSSR count). The summed E-state index contributed by atoms with van der Waals surface area (Å²) in [5, 5.41) is 2.73. The minimum Gasteiger partial charge on any atom is -0.489 e. The van der Waals surface area contributed by atoms with Gasteiger partial charge in [0.25, 0.3) is 5.91 Å². The maximum Gasteiger partial charge on any atom is 0.325 e. The van der Waals surface area contributed by atoms with E-state index in [4.69, 9.17) is 4.74 Å². The van der Waals surface area contributed by atoms with Crippen LogP contribution in [-0.2, 0) is 15.1 Å². The molecule has 4 amide bonds. The van der Waals surface area contributed by atoms with Crippen LogP contribution in [0.1, 0.15) is 46.1 Å². The van der Waals surface area contributed by atoms with Gasteiger partial charge >= 0.3 is 6.03 Å². The molecule has 1 fully saturated rings. The van der Waals surface area contributed by atoms with Crippen molar-refractivity contribution in [3.8, 4) is 5.75 Å². The monoisotopic (exact) mass is 401 g/mol. The van der Waals surface area contributed by atoms with Gasteiger partial charge in [0.05, 0.1) is 0 Å². The number of unbranched alkanes of at least 4 members (excludes halogenated alkanes) is 1. The van der Waals surface area contributed by atoms with E-state index in [-0.39, 0.29) is 12.5 Å². The number of urea groups is 1. The van der Waals surface area contributed by atoms with Gasteiger partial charge in [-0.1, -0.05) is 32.1 Å². The van der Waals surface area contributed by atoms with E-state index in [1.807, 2.05) is 13.8 Å². The number of benzene rings is 1.